The van der Waals surface area contributed by atoms with Crippen LogP contribution in [-0.4, -0.2) is 38.7 Å². The number of hydrogen-bond acceptors (Lipinski definition) is 1. The van der Waals surface area contributed by atoms with Gasteiger partial charge in [0.2, 0.25) is 0 Å². The highest BCUT2D eigenvalue weighted by atomic mass is 35.5. The number of H-pyrrole nitrogens is 1. The molecule has 1 aromatic carbocycles. The van der Waals surface area contributed by atoms with E-state index in [1.165, 1.54) is 11.6 Å². The molecule has 3 nitrogen and oxygen atoms in total. The van der Waals surface area contributed by atoms with Gasteiger partial charge in [-0.1, -0.05) is 11.6 Å². The normalized spacial score (nSPS) is 20.7. The van der Waals surface area contributed by atoms with E-state index in [0.29, 0.717) is 5.92 Å². The monoisotopic (exact) mass is 328 g/mol. The molecule has 0 spiro atoms. The van der Waals surface area contributed by atoms with E-state index in [9.17, 15) is 8.60 Å². The van der Waals surface area contributed by atoms with Crippen molar-refractivity contribution in [3.05, 3.63) is 34.7 Å². The lowest BCUT2D eigenvalue weighted by atomic mass is 9.90. The Morgan fingerprint density at radius 1 is 1.43 bits per heavy atom. The summed E-state index contributed by atoms with van der Waals surface area (Å²) < 4.78 is 27.4. The van der Waals surface area contributed by atoms with Crippen molar-refractivity contribution < 1.29 is 8.60 Å². The number of nitrogens with one attached hydrogen (secondary N) is 1. The van der Waals surface area contributed by atoms with E-state index >= 15 is 0 Å². The molecule has 0 bridgehead atoms. The van der Waals surface area contributed by atoms with Crippen molar-refractivity contribution in [3.63, 3.8) is 0 Å². The molecule has 0 amide bonds. The molecule has 1 aromatic heterocycles. The third-order valence-corrected chi connectivity index (χ3v) is 5.94. The van der Waals surface area contributed by atoms with Crippen molar-refractivity contribution in [3.8, 4) is 0 Å². The topological polar surface area (TPSA) is 36.1 Å². The summed E-state index contributed by atoms with van der Waals surface area (Å²) in [6.07, 6.45) is 5.46. The van der Waals surface area contributed by atoms with Crippen molar-refractivity contribution >= 4 is 38.1 Å². The minimum absolute atomic E-state index is 0.148. The van der Waals surface area contributed by atoms with Gasteiger partial charge in [0.05, 0.1) is 5.02 Å². The molecule has 1 saturated heterocycles. The molecule has 1 fully saturated rings. The minimum Gasteiger partial charge on any atom is -0.361 e. The molecular weight excluding hydrogens is 311 g/mol. The number of aromatic nitrogens is 1. The minimum atomic E-state index is -2.12. The van der Waals surface area contributed by atoms with Gasteiger partial charge < -0.3 is 4.98 Å². The van der Waals surface area contributed by atoms with Crippen LogP contribution in [0.15, 0.2) is 18.3 Å². The average Bonchev–Trinajstić information content (AvgIpc) is 2.81. The maximum atomic E-state index is 13.5. The van der Waals surface area contributed by atoms with Gasteiger partial charge in [0, 0.05) is 46.2 Å². The summed E-state index contributed by atoms with van der Waals surface area (Å²) in [7, 11) is -2.12. The van der Waals surface area contributed by atoms with Gasteiger partial charge in [-0.3, -0.25) is 4.21 Å². The Balaban J connectivity index is 1.88. The van der Waals surface area contributed by atoms with Crippen LogP contribution in [0.2, 0.25) is 5.02 Å². The van der Waals surface area contributed by atoms with Gasteiger partial charge in [0.15, 0.2) is 0 Å². The van der Waals surface area contributed by atoms with Crippen molar-refractivity contribution in [2.45, 2.75) is 18.8 Å². The molecule has 1 N–H and O–H groups in total. The summed E-state index contributed by atoms with van der Waals surface area (Å²) in [5.74, 6) is 3.71. The number of nitrogens with zero attached hydrogens (tertiary/aromatic N) is 1. The molecule has 1 aliphatic heterocycles. The first-order valence-corrected chi connectivity index (χ1v) is 9.36. The summed E-state index contributed by atoms with van der Waals surface area (Å²) in [5.41, 5.74) is 1.93. The molecule has 2 aromatic rings. The number of halogens is 2. The van der Waals surface area contributed by atoms with E-state index in [0.717, 1.165) is 36.8 Å². The van der Waals surface area contributed by atoms with Crippen LogP contribution < -0.4 is 0 Å². The van der Waals surface area contributed by atoms with E-state index < -0.39 is 15.5 Å². The standard InChI is InChI=1S/C15H18ClFN2OS/c1-21(2,20)19-5-3-10(4-6-19)12-9-18-15-8-14(17)13(16)7-11(12)15/h7-10,18H,1,3-6H2,2H3. The van der Waals surface area contributed by atoms with E-state index in [1.807, 2.05) is 10.5 Å². The quantitative estimate of drug-likeness (QED) is 0.843. The third-order valence-electron chi connectivity index (χ3n) is 4.19. The van der Waals surface area contributed by atoms with Crippen molar-refractivity contribution in [1.29, 1.82) is 0 Å². The third kappa shape index (κ3) is 2.82. The Bertz CT molecular complexity index is 776. The maximum absolute atomic E-state index is 13.5. The zero-order chi connectivity index (χ0) is 15.2. The molecule has 3 rings (SSSR count). The van der Waals surface area contributed by atoms with E-state index in [1.54, 1.807) is 12.3 Å². The SMILES string of the molecule is C=S(C)(=O)N1CCC(c2c[nH]c3cc(F)c(Cl)cc23)CC1. The highest BCUT2D eigenvalue weighted by molar-refractivity contribution is 7.97. The predicted molar refractivity (Wildman–Crippen MR) is 88.0 cm³/mol. The first-order chi connectivity index (χ1) is 9.86. The molecule has 1 aliphatic rings. The van der Waals surface area contributed by atoms with Gasteiger partial charge in [0.1, 0.15) is 5.82 Å². The Morgan fingerprint density at radius 3 is 2.71 bits per heavy atom. The summed E-state index contributed by atoms with van der Waals surface area (Å²) in [4.78, 5) is 3.11. The van der Waals surface area contributed by atoms with E-state index in [-0.39, 0.29) is 5.02 Å². The number of fused-ring (bicyclic) bond motifs is 1. The lowest BCUT2D eigenvalue weighted by Gasteiger charge is -2.32. The summed E-state index contributed by atoms with van der Waals surface area (Å²) in [6.45, 7) is 1.54. The molecule has 0 saturated carbocycles. The van der Waals surface area contributed by atoms with Gasteiger partial charge in [-0.15, -0.1) is 0 Å². The van der Waals surface area contributed by atoms with Crippen LogP contribution in [-0.2, 0) is 9.71 Å². The summed E-state index contributed by atoms with van der Waals surface area (Å²) in [6, 6.07) is 3.12. The first kappa shape index (κ1) is 14.9. The second-order valence-corrected chi connectivity index (χ2v) is 8.56. The lowest BCUT2D eigenvalue weighted by molar-refractivity contribution is 0.335. The predicted octanol–water partition coefficient (Wildman–Crippen LogP) is 3.40. The Hall–Kier alpha value is -1.04. The molecule has 6 heteroatoms. The van der Waals surface area contributed by atoms with Crippen LogP contribution in [0.3, 0.4) is 0 Å². The van der Waals surface area contributed by atoms with Crippen LogP contribution in [0.25, 0.3) is 10.9 Å². The maximum Gasteiger partial charge on any atom is 0.143 e. The number of hydrogen-bond donors (Lipinski definition) is 1. The zero-order valence-corrected chi connectivity index (χ0v) is 13.4. The smallest absolute Gasteiger partial charge is 0.143 e. The van der Waals surface area contributed by atoms with E-state index in [2.05, 4.69) is 10.9 Å². The highest BCUT2D eigenvalue weighted by Gasteiger charge is 2.25. The Labute approximate surface area is 129 Å². The molecule has 0 aliphatic carbocycles. The molecule has 2 heterocycles. The van der Waals surface area contributed by atoms with Gasteiger partial charge in [-0.05, 0) is 42.3 Å². The van der Waals surface area contributed by atoms with Crippen molar-refractivity contribution in [2.75, 3.05) is 19.3 Å². The van der Waals surface area contributed by atoms with Crippen LogP contribution in [0.4, 0.5) is 4.39 Å². The number of aromatic amines is 1. The fraction of sp³-hybridized carbons (Fsp3) is 0.400. The molecular formula is C15H18ClFN2OS. The summed E-state index contributed by atoms with van der Waals surface area (Å²) in [5, 5.41) is 1.13. The second-order valence-electron chi connectivity index (χ2n) is 5.72. The van der Waals surface area contributed by atoms with Crippen LogP contribution in [0.5, 0.6) is 0 Å². The second kappa shape index (κ2) is 5.30. The largest absolute Gasteiger partial charge is 0.361 e. The number of benzene rings is 1. The van der Waals surface area contributed by atoms with Crippen LogP contribution in [0, 0.1) is 5.82 Å². The fourth-order valence-corrected chi connectivity index (χ4v) is 4.18. The van der Waals surface area contributed by atoms with Crippen LogP contribution in [0.1, 0.15) is 24.3 Å². The molecule has 1 unspecified atom stereocenters. The Kier molecular flexibility index (Phi) is 3.76. The van der Waals surface area contributed by atoms with Gasteiger partial charge in [-0.2, -0.15) is 0 Å². The first-order valence-electron chi connectivity index (χ1n) is 6.89. The molecule has 1 atom stereocenters. The van der Waals surface area contributed by atoms with Gasteiger partial charge >= 0.3 is 0 Å². The fourth-order valence-electron chi connectivity index (χ4n) is 3.03. The number of piperidine rings is 1. The van der Waals surface area contributed by atoms with Gasteiger partial charge in [0.25, 0.3) is 0 Å². The van der Waals surface area contributed by atoms with Crippen molar-refractivity contribution in [1.82, 2.24) is 9.29 Å². The van der Waals surface area contributed by atoms with Gasteiger partial charge in [-0.25, -0.2) is 8.70 Å². The number of rotatable bonds is 2. The van der Waals surface area contributed by atoms with E-state index in [4.69, 9.17) is 11.6 Å². The summed E-state index contributed by atoms with van der Waals surface area (Å²) >= 11 is 5.90. The molecule has 21 heavy (non-hydrogen) atoms. The highest BCUT2D eigenvalue weighted by Crippen LogP contribution is 2.35. The molecule has 114 valence electrons. The van der Waals surface area contributed by atoms with Crippen molar-refractivity contribution in [2.24, 2.45) is 0 Å². The average molecular weight is 329 g/mol. The zero-order valence-electron chi connectivity index (χ0n) is 11.9. The van der Waals surface area contributed by atoms with Crippen LogP contribution >= 0.6 is 11.6 Å². The lowest BCUT2D eigenvalue weighted by Crippen LogP contribution is -2.36. The Morgan fingerprint density at radius 2 is 2.10 bits per heavy atom. The molecule has 0 radical (unpaired) electrons.